The Hall–Kier alpha value is -2.45. The second-order valence-electron chi connectivity index (χ2n) is 18.8. The van der Waals surface area contributed by atoms with Crippen LogP contribution < -0.4 is 0 Å². The quantitative estimate of drug-likeness (QED) is 0.314. The van der Waals surface area contributed by atoms with Crippen molar-refractivity contribution in [1.29, 1.82) is 0 Å². The summed E-state index contributed by atoms with van der Waals surface area (Å²) in [6.07, 6.45) is 10.3. The van der Waals surface area contributed by atoms with Crippen molar-refractivity contribution < 1.29 is 19.7 Å². The molecule has 4 heterocycles. The Morgan fingerprint density at radius 3 is 2.54 bits per heavy atom. The molecule has 2 unspecified atom stereocenters. The first-order valence-electron chi connectivity index (χ1n) is 19.0. The number of aliphatic hydroxyl groups excluding tert-OH is 2. The highest BCUT2D eigenvalue weighted by Crippen LogP contribution is 2.71. The minimum Gasteiger partial charge on any atom is -0.392 e. The van der Waals surface area contributed by atoms with Gasteiger partial charge in [0.05, 0.1) is 45.6 Å². The number of ether oxygens (including phenoxy) is 1. The van der Waals surface area contributed by atoms with Crippen molar-refractivity contribution >= 4 is 39.1 Å². The van der Waals surface area contributed by atoms with E-state index in [-0.39, 0.29) is 33.9 Å². The van der Waals surface area contributed by atoms with Crippen LogP contribution in [0.4, 0.5) is 0 Å². The third-order valence-corrected chi connectivity index (χ3v) is 16.2. The van der Waals surface area contributed by atoms with E-state index in [1.54, 1.807) is 0 Å². The highest BCUT2D eigenvalue weighted by Gasteiger charge is 2.68. The Balaban J connectivity index is 1.26. The maximum absolute atomic E-state index is 14.9. The van der Waals surface area contributed by atoms with Crippen LogP contribution in [-0.2, 0) is 16.6 Å². The summed E-state index contributed by atoms with van der Waals surface area (Å²) in [4.78, 5) is 19.7. The molecule has 50 heavy (non-hydrogen) atoms. The first-order chi connectivity index (χ1) is 23.4. The maximum Gasteiger partial charge on any atom is 0.192 e. The molecule has 10 atom stereocenters. The van der Waals surface area contributed by atoms with Crippen molar-refractivity contribution in [2.24, 2.45) is 33.6 Å². The summed E-state index contributed by atoms with van der Waals surface area (Å²) in [5.74, 6) is 1.54. The summed E-state index contributed by atoms with van der Waals surface area (Å²) in [7, 11) is 0. The van der Waals surface area contributed by atoms with Gasteiger partial charge in [0.15, 0.2) is 5.78 Å². The summed E-state index contributed by atoms with van der Waals surface area (Å²) in [6, 6.07) is 2.18. The zero-order chi connectivity index (χ0) is 35.7. The molecule has 0 bridgehead atoms. The highest BCUT2D eigenvalue weighted by atomic mass is 32.2. The van der Waals surface area contributed by atoms with E-state index in [0.717, 1.165) is 70.7 Å². The second-order valence-corrected chi connectivity index (χ2v) is 19.8. The van der Waals surface area contributed by atoms with Gasteiger partial charge in [-0.3, -0.25) is 9.79 Å². The van der Waals surface area contributed by atoms with Crippen LogP contribution >= 0.6 is 11.8 Å². The molecule has 7 aliphatic rings. The first-order valence-corrected chi connectivity index (χ1v) is 20.0. The molecule has 0 spiro atoms. The molecule has 1 aromatic heterocycles. The van der Waals surface area contributed by atoms with Gasteiger partial charge in [-0.1, -0.05) is 39.0 Å². The van der Waals surface area contributed by atoms with Gasteiger partial charge in [-0.25, -0.2) is 0 Å². The maximum atomic E-state index is 14.9. The lowest BCUT2D eigenvalue weighted by Gasteiger charge is -2.64. The lowest BCUT2D eigenvalue weighted by Crippen LogP contribution is -2.62. The second kappa shape index (κ2) is 10.1. The molecule has 2 saturated carbocycles. The van der Waals surface area contributed by atoms with Crippen LogP contribution in [0.15, 0.2) is 41.4 Å². The number of benzene rings is 1. The SMILES string of the molecule is C=C(C)[C@H]1C(=O)c2c3c(cc4c5c(n1c24)[C@@]1(C)C(CC[C@H]2[C@](C)(/C=C/C4=N[C@H](C)CS4)[C@@H](O)CC[C@@]21C)C5)C1=CC(C)(C)OC(C)(C)C1[C@@H]3O. The van der Waals surface area contributed by atoms with E-state index in [2.05, 4.69) is 90.8 Å². The number of rotatable bonds is 3. The number of aromatic nitrogens is 1. The van der Waals surface area contributed by atoms with Gasteiger partial charge in [-0.05, 0) is 126 Å². The topological polar surface area (TPSA) is 84.1 Å². The predicted molar refractivity (Wildman–Crippen MR) is 203 cm³/mol. The average molecular weight is 695 g/mol. The summed E-state index contributed by atoms with van der Waals surface area (Å²) < 4.78 is 8.94. The summed E-state index contributed by atoms with van der Waals surface area (Å²) in [5.41, 5.74) is 6.34. The van der Waals surface area contributed by atoms with Gasteiger partial charge in [0, 0.05) is 39.1 Å². The minimum absolute atomic E-state index is 0.0638. The molecule has 266 valence electrons. The molecule has 2 N–H and O–H groups in total. The molecule has 9 rings (SSSR count). The zero-order valence-electron chi connectivity index (χ0n) is 31.3. The molecular weight excluding hydrogens is 641 g/mol. The fourth-order valence-corrected chi connectivity index (χ4v) is 13.8. The van der Waals surface area contributed by atoms with Crippen LogP contribution in [0.3, 0.4) is 0 Å². The van der Waals surface area contributed by atoms with Crippen LogP contribution in [-0.4, -0.2) is 54.7 Å². The van der Waals surface area contributed by atoms with E-state index in [4.69, 9.17) is 9.73 Å². The van der Waals surface area contributed by atoms with Crippen LogP contribution in [0.5, 0.6) is 0 Å². The highest BCUT2D eigenvalue weighted by molar-refractivity contribution is 8.14. The van der Waals surface area contributed by atoms with Crippen molar-refractivity contribution in [3.05, 3.63) is 64.4 Å². The Bertz CT molecular complexity index is 2020. The van der Waals surface area contributed by atoms with Crippen molar-refractivity contribution in [1.82, 2.24) is 4.57 Å². The molecule has 0 radical (unpaired) electrons. The number of ketones is 1. The Labute approximate surface area is 301 Å². The fourth-order valence-electron chi connectivity index (χ4n) is 12.9. The number of allylic oxidation sites excluding steroid dienone is 1. The number of aliphatic hydroxyl groups is 2. The van der Waals surface area contributed by atoms with Gasteiger partial charge < -0.3 is 19.5 Å². The number of carbonyl (C=O) groups is 1. The standard InChI is InChI=1S/C43H54N2O4S/c1-21(2)34-37(48)32-31-24(27-19-39(4,5)49-40(6,7)33(27)36(31)47)18-25-26-17-23-11-12-28-41(8,15-14-30-44-22(3)20-50-30)29(46)13-16-42(28,9)43(23,10)38(26)45(34)35(25)32/h14-15,18-19,22-23,28-29,33-34,36,46-47H,1,11-13,16-17,20H2,2-10H3/b15-14+/t22-,23?,28+,29+,33?,34+,36-,41+,42+,43-/m1/s1. The molecule has 3 aliphatic heterocycles. The molecule has 7 heteroatoms. The summed E-state index contributed by atoms with van der Waals surface area (Å²) in [6.45, 7) is 24.2. The molecule has 0 amide bonds. The largest absolute Gasteiger partial charge is 0.392 e. The zero-order valence-corrected chi connectivity index (χ0v) is 32.1. The van der Waals surface area contributed by atoms with Crippen LogP contribution in [0.2, 0.25) is 0 Å². The van der Waals surface area contributed by atoms with E-state index in [9.17, 15) is 15.0 Å². The fraction of sp³-hybridized carbons (Fsp3) is 0.628. The first kappa shape index (κ1) is 33.4. The number of nitrogens with zero attached hydrogens (tertiary/aromatic N) is 2. The van der Waals surface area contributed by atoms with E-state index in [1.165, 1.54) is 16.6 Å². The molecule has 2 fully saturated rings. The minimum atomic E-state index is -0.828. The molecule has 6 nitrogen and oxygen atoms in total. The number of hydrogen-bond acceptors (Lipinski definition) is 6. The number of fused-ring (bicyclic) bond motifs is 11. The number of Topliss-reactive ketones (excluding diaryl/α,β-unsaturated/α-hetero) is 1. The Morgan fingerprint density at radius 2 is 1.86 bits per heavy atom. The number of hydrogen-bond donors (Lipinski definition) is 2. The third kappa shape index (κ3) is 3.94. The van der Waals surface area contributed by atoms with Crippen molar-refractivity contribution in [3.8, 4) is 0 Å². The van der Waals surface area contributed by atoms with Crippen LogP contribution in [0.25, 0.3) is 16.5 Å². The average Bonchev–Trinajstić information content (AvgIpc) is 3.79. The molecule has 4 aliphatic carbocycles. The lowest BCUT2D eigenvalue weighted by atomic mass is 9.40. The van der Waals surface area contributed by atoms with E-state index >= 15 is 0 Å². The monoisotopic (exact) mass is 694 g/mol. The molecule has 0 saturated heterocycles. The van der Waals surface area contributed by atoms with Crippen molar-refractivity contribution in [2.75, 3.05) is 5.75 Å². The van der Waals surface area contributed by atoms with E-state index < -0.39 is 29.5 Å². The summed E-state index contributed by atoms with van der Waals surface area (Å²) in [5, 5.41) is 26.2. The van der Waals surface area contributed by atoms with E-state index in [1.807, 2.05) is 18.7 Å². The lowest BCUT2D eigenvalue weighted by molar-refractivity contribution is -0.144. The van der Waals surface area contributed by atoms with Crippen LogP contribution in [0, 0.1) is 28.6 Å². The van der Waals surface area contributed by atoms with Crippen molar-refractivity contribution in [2.45, 2.75) is 135 Å². The third-order valence-electron chi connectivity index (χ3n) is 15.0. The number of aliphatic imine (C=N–C) groups is 1. The van der Waals surface area contributed by atoms with Crippen molar-refractivity contribution in [3.63, 3.8) is 0 Å². The Morgan fingerprint density at radius 1 is 1.12 bits per heavy atom. The molecule has 1 aromatic carbocycles. The smallest absolute Gasteiger partial charge is 0.192 e. The van der Waals surface area contributed by atoms with Gasteiger partial charge in [-0.2, -0.15) is 0 Å². The van der Waals surface area contributed by atoms with Gasteiger partial charge in [-0.15, -0.1) is 11.8 Å². The van der Waals surface area contributed by atoms with Gasteiger partial charge in [0.2, 0.25) is 0 Å². The summed E-state index contributed by atoms with van der Waals surface area (Å²) >= 11 is 1.81. The number of thioether (sulfide) groups is 1. The number of carbonyl (C=O) groups excluding carboxylic acids is 1. The van der Waals surface area contributed by atoms with Crippen LogP contribution in [0.1, 0.15) is 133 Å². The van der Waals surface area contributed by atoms with Gasteiger partial charge in [0.25, 0.3) is 0 Å². The van der Waals surface area contributed by atoms with Gasteiger partial charge >= 0.3 is 0 Å². The normalized spacial score (nSPS) is 41.9. The van der Waals surface area contributed by atoms with E-state index in [0.29, 0.717) is 17.5 Å². The Kier molecular flexibility index (Phi) is 6.78. The predicted octanol–water partition coefficient (Wildman–Crippen LogP) is 8.69. The molecule has 2 aromatic rings. The van der Waals surface area contributed by atoms with Gasteiger partial charge in [0.1, 0.15) is 6.04 Å². The molecular formula is C43H54N2O4S.